The van der Waals surface area contributed by atoms with Crippen molar-refractivity contribution < 1.29 is 4.79 Å². The fourth-order valence-electron chi connectivity index (χ4n) is 1.23. The van der Waals surface area contributed by atoms with Gasteiger partial charge in [-0.25, -0.2) is 0 Å². The van der Waals surface area contributed by atoms with Gasteiger partial charge in [0.25, 0.3) is 5.91 Å². The molecule has 0 saturated carbocycles. The Hall–Kier alpha value is -2.33. The molecule has 1 rings (SSSR count). The van der Waals surface area contributed by atoms with Gasteiger partial charge >= 0.3 is 0 Å². The summed E-state index contributed by atoms with van der Waals surface area (Å²) in [5.41, 5.74) is 0.879. The summed E-state index contributed by atoms with van der Waals surface area (Å²) in [6.07, 6.45) is 0.268. The lowest BCUT2D eigenvalue weighted by molar-refractivity contribution is 0.0941. The first-order valence-electron chi connectivity index (χ1n) is 4.85. The molecule has 0 saturated heterocycles. The van der Waals surface area contributed by atoms with Crippen LogP contribution in [0.2, 0.25) is 0 Å². The standard InChI is InChI=1S/C12H11N3O/c1-9(5-6-13)15-12(16)11-4-2-3-10(7-11)8-14/h2-4,7,9H,5H2,1H3,(H,15,16). The minimum atomic E-state index is -0.264. The molecule has 1 atom stereocenters. The van der Waals surface area contributed by atoms with Crippen molar-refractivity contribution in [3.05, 3.63) is 35.4 Å². The molecular weight excluding hydrogens is 202 g/mol. The van der Waals surface area contributed by atoms with Crippen molar-refractivity contribution in [2.75, 3.05) is 0 Å². The lowest BCUT2D eigenvalue weighted by Crippen LogP contribution is -2.32. The van der Waals surface area contributed by atoms with Gasteiger partial charge in [0.15, 0.2) is 0 Å². The molecule has 1 amide bonds. The summed E-state index contributed by atoms with van der Waals surface area (Å²) in [7, 11) is 0. The number of hydrogen-bond acceptors (Lipinski definition) is 3. The molecule has 0 aliphatic heterocycles. The monoisotopic (exact) mass is 213 g/mol. The van der Waals surface area contributed by atoms with Gasteiger partial charge in [-0.05, 0) is 25.1 Å². The molecule has 0 spiro atoms. The fourth-order valence-corrected chi connectivity index (χ4v) is 1.23. The molecule has 4 nitrogen and oxygen atoms in total. The maximum absolute atomic E-state index is 11.7. The highest BCUT2D eigenvalue weighted by Gasteiger charge is 2.09. The van der Waals surface area contributed by atoms with Crippen LogP contribution in [0.25, 0.3) is 0 Å². The summed E-state index contributed by atoms with van der Waals surface area (Å²) in [6, 6.07) is 10.2. The molecule has 0 fully saturated rings. The van der Waals surface area contributed by atoms with E-state index in [1.54, 1.807) is 25.1 Å². The normalized spacial score (nSPS) is 10.9. The van der Waals surface area contributed by atoms with Crippen molar-refractivity contribution in [3.63, 3.8) is 0 Å². The van der Waals surface area contributed by atoms with Gasteiger partial charge in [-0.15, -0.1) is 0 Å². The van der Waals surface area contributed by atoms with Crippen LogP contribution in [0.15, 0.2) is 24.3 Å². The Labute approximate surface area is 94.1 Å². The van der Waals surface area contributed by atoms with E-state index in [0.717, 1.165) is 0 Å². The van der Waals surface area contributed by atoms with E-state index in [9.17, 15) is 4.79 Å². The lowest BCUT2D eigenvalue weighted by Gasteiger charge is -2.10. The van der Waals surface area contributed by atoms with E-state index < -0.39 is 0 Å². The quantitative estimate of drug-likeness (QED) is 0.828. The first-order valence-corrected chi connectivity index (χ1v) is 4.85. The van der Waals surface area contributed by atoms with Crippen molar-refractivity contribution in [1.29, 1.82) is 10.5 Å². The van der Waals surface area contributed by atoms with E-state index in [-0.39, 0.29) is 18.4 Å². The predicted octanol–water partition coefficient (Wildman–Crippen LogP) is 1.59. The van der Waals surface area contributed by atoms with Crippen LogP contribution in [0.1, 0.15) is 29.3 Å². The SMILES string of the molecule is CC(CC#N)NC(=O)c1cccc(C#N)c1. The number of rotatable bonds is 3. The van der Waals surface area contributed by atoms with Gasteiger partial charge in [-0.3, -0.25) is 4.79 Å². The van der Waals surface area contributed by atoms with Crippen molar-refractivity contribution in [2.45, 2.75) is 19.4 Å². The summed E-state index contributed by atoms with van der Waals surface area (Å²) < 4.78 is 0. The second-order valence-corrected chi connectivity index (χ2v) is 3.43. The van der Waals surface area contributed by atoms with E-state index in [2.05, 4.69) is 5.32 Å². The van der Waals surface area contributed by atoms with Crippen LogP contribution in [-0.2, 0) is 0 Å². The minimum Gasteiger partial charge on any atom is -0.349 e. The van der Waals surface area contributed by atoms with E-state index in [1.165, 1.54) is 6.07 Å². The first-order chi connectivity index (χ1) is 7.67. The maximum Gasteiger partial charge on any atom is 0.251 e. The summed E-state index contributed by atoms with van der Waals surface area (Å²) in [5, 5.41) is 19.8. The summed E-state index contributed by atoms with van der Waals surface area (Å²) in [6.45, 7) is 1.76. The number of nitriles is 2. The Kier molecular flexibility index (Phi) is 4.06. The minimum absolute atomic E-state index is 0.191. The number of benzene rings is 1. The van der Waals surface area contributed by atoms with E-state index in [4.69, 9.17) is 10.5 Å². The highest BCUT2D eigenvalue weighted by molar-refractivity contribution is 5.94. The van der Waals surface area contributed by atoms with E-state index in [1.807, 2.05) is 12.1 Å². The Morgan fingerprint density at radius 1 is 1.50 bits per heavy atom. The molecule has 0 radical (unpaired) electrons. The number of amides is 1. The molecule has 0 bridgehead atoms. The topological polar surface area (TPSA) is 76.7 Å². The third kappa shape index (κ3) is 3.11. The third-order valence-corrected chi connectivity index (χ3v) is 2.03. The third-order valence-electron chi connectivity index (χ3n) is 2.03. The molecule has 16 heavy (non-hydrogen) atoms. The number of carbonyl (C=O) groups excluding carboxylic acids is 1. The first kappa shape index (κ1) is 11.7. The zero-order chi connectivity index (χ0) is 12.0. The average Bonchev–Trinajstić information content (AvgIpc) is 2.29. The van der Waals surface area contributed by atoms with Crippen LogP contribution >= 0.6 is 0 Å². The zero-order valence-corrected chi connectivity index (χ0v) is 8.90. The largest absolute Gasteiger partial charge is 0.349 e. The van der Waals surface area contributed by atoms with Gasteiger partial charge in [0.05, 0.1) is 24.1 Å². The van der Waals surface area contributed by atoms with Gasteiger partial charge in [0.1, 0.15) is 0 Å². The number of nitrogens with zero attached hydrogens (tertiary/aromatic N) is 2. The van der Waals surface area contributed by atoms with E-state index in [0.29, 0.717) is 11.1 Å². The van der Waals surface area contributed by atoms with Crippen LogP contribution in [-0.4, -0.2) is 11.9 Å². The van der Waals surface area contributed by atoms with Gasteiger partial charge < -0.3 is 5.32 Å². The van der Waals surface area contributed by atoms with Crippen LogP contribution in [0.4, 0.5) is 0 Å². The van der Waals surface area contributed by atoms with Crippen LogP contribution in [0.3, 0.4) is 0 Å². The molecule has 1 N–H and O–H groups in total. The highest BCUT2D eigenvalue weighted by atomic mass is 16.1. The molecule has 0 aliphatic rings. The molecule has 0 aromatic heterocycles. The maximum atomic E-state index is 11.7. The fraction of sp³-hybridized carbons (Fsp3) is 0.250. The number of nitrogens with one attached hydrogen (secondary N) is 1. The Morgan fingerprint density at radius 3 is 2.88 bits per heavy atom. The van der Waals surface area contributed by atoms with E-state index >= 15 is 0 Å². The second-order valence-electron chi connectivity index (χ2n) is 3.43. The molecular formula is C12H11N3O. The van der Waals surface area contributed by atoms with Gasteiger partial charge in [0.2, 0.25) is 0 Å². The van der Waals surface area contributed by atoms with Crippen molar-refractivity contribution in [3.8, 4) is 12.1 Å². The number of hydrogen-bond donors (Lipinski definition) is 1. The van der Waals surface area contributed by atoms with Gasteiger partial charge in [0, 0.05) is 11.6 Å². The van der Waals surface area contributed by atoms with Crippen molar-refractivity contribution in [1.82, 2.24) is 5.32 Å². The van der Waals surface area contributed by atoms with Crippen molar-refractivity contribution in [2.24, 2.45) is 0 Å². The predicted molar refractivity (Wildman–Crippen MR) is 58.3 cm³/mol. The lowest BCUT2D eigenvalue weighted by atomic mass is 10.1. The molecule has 0 heterocycles. The Morgan fingerprint density at radius 2 is 2.25 bits per heavy atom. The smallest absolute Gasteiger partial charge is 0.251 e. The summed E-state index contributed by atoms with van der Waals surface area (Å²) in [5.74, 6) is -0.264. The molecule has 1 unspecified atom stereocenters. The zero-order valence-electron chi connectivity index (χ0n) is 8.90. The van der Waals surface area contributed by atoms with Crippen molar-refractivity contribution >= 4 is 5.91 Å². The second kappa shape index (κ2) is 5.53. The van der Waals surface area contributed by atoms with Crippen LogP contribution < -0.4 is 5.32 Å². The summed E-state index contributed by atoms with van der Waals surface area (Å²) >= 11 is 0. The average molecular weight is 213 g/mol. The molecule has 1 aromatic rings. The highest BCUT2D eigenvalue weighted by Crippen LogP contribution is 2.04. The van der Waals surface area contributed by atoms with Crippen LogP contribution in [0.5, 0.6) is 0 Å². The Balaban J connectivity index is 2.74. The Bertz CT molecular complexity index is 468. The molecule has 1 aromatic carbocycles. The van der Waals surface area contributed by atoms with Gasteiger partial charge in [-0.2, -0.15) is 10.5 Å². The molecule has 4 heteroatoms. The summed E-state index contributed by atoms with van der Waals surface area (Å²) in [4.78, 5) is 11.7. The number of carbonyl (C=O) groups is 1. The molecule has 0 aliphatic carbocycles. The molecule has 80 valence electrons. The van der Waals surface area contributed by atoms with Gasteiger partial charge in [-0.1, -0.05) is 6.07 Å². The van der Waals surface area contributed by atoms with Crippen LogP contribution in [0, 0.1) is 22.7 Å².